The Hall–Kier alpha value is -0.750. The molecule has 2 rings (SSSR count). The van der Waals surface area contributed by atoms with Gasteiger partial charge in [0, 0.05) is 11.3 Å². The summed E-state index contributed by atoms with van der Waals surface area (Å²) >= 11 is 1.50. The van der Waals surface area contributed by atoms with E-state index in [1.807, 2.05) is 20.8 Å². The van der Waals surface area contributed by atoms with Crippen molar-refractivity contribution in [1.82, 2.24) is 14.8 Å². The summed E-state index contributed by atoms with van der Waals surface area (Å²) in [5.74, 6) is 0. The van der Waals surface area contributed by atoms with Gasteiger partial charge in [-0.15, -0.1) is 5.10 Å². The second-order valence-corrected chi connectivity index (χ2v) is 6.30. The lowest BCUT2D eigenvalue weighted by Gasteiger charge is -2.24. The Labute approximate surface area is 105 Å². The topological polar surface area (TPSA) is 70.9 Å². The van der Waals surface area contributed by atoms with E-state index in [0.717, 1.165) is 19.3 Å². The molecule has 0 aromatic carbocycles. The van der Waals surface area contributed by atoms with E-state index in [1.165, 1.54) is 11.8 Å². The van der Waals surface area contributed by atoms with Crippen LogP contribution < -0.4 is 5.69 Å². The van der Waals surface area contributed by atoms with Gasteiger partial charge in [-0.3, -0.25) is 4.57 Å². The molecular formula is C11H19N3O2S. The van der Waals surface area contributed by atoms with E-state index in [4.69, 9.17) is 0 Å². The SMILES string of the molecule is CC(C)n1c(SC2CCCC2(C)O)n[nH]c1=O. The number of aromatic nitrogens is 3. The highest BCUT2D eigenvalue weighted by Crippen LogP contribution is 2.40. The van der Waals surface area contributed by atoms with E-state index in [2.05, 4.69) is 10.2 Å². The minimum absolute atomic E-state index is 0.0788. The maximum absolute atomic E-state index is 11.6. The maximum atomic E-state index is 11.6. The second kappa shape index (κ2) is 4.49. The number of thioether (sulfide) groups is 1. The lowest BCUT2D eigenvalue weighted by atomic mass is 10.1. The molecule has 0 aliphatic heterocycles. The average molecular weight is 257 g/mol. The summed E-state index contributed by atoms with van der Waals surface area (Å²) in [4.78, 5) is 11.6. The monoisotopic (exact) mass is 257 g/mol. The fourth-order valence-electron chi connectivity index (χ4n) is 2.26. The van der Waals surface area contributed by atoms with Gasteiger partial charge in [0.05, 0.1) is 5.60 Å². The predicted molar refractivity (Wildman–Crippen MR) is 67.4 cm³/mol. The fourth-order valence-corrected chi connectivity index (χ4v) is 3.68. The Bertz CT molecular complexity index is 450. The summed E-state index contributed by atoms with van der Waals surface area (Å²) in [5, 5.41) is 17.5. The van der Waals surface area contributed by atoms with E-state index in [0.29, 0.717) is 5.16 Å². The molecule has 17 heavy (non-hydrogen) atoms. The van der Waals surface area contributed by atoms with Gasteiger partial charge < -0.3 is 5.11 Å². The van der Waals surface area contributed by atoms with Gasteiger partial charge >= 0.3 is 5.69 Å². The van der Waals surface area contributed by atoms with Crippen LogP contribution in [0.1, 0.15) is 46.1 Å². The van der Waals surface area contributed by atoms with Gasteiger partial charge in [0.2, 0.25) is 0 Å². The van der Waals surface area contributed by atoms with Crippen molar-refractivity contribution in [3.05, 3.63) is 10.5 Å². The van der Waals surface area contributed by atoms with Crippen LogP contribution in [0.2, 0.25) is 0 Å². The molecule has 2 unspecified atom stereocenters. The average Bonchev–Trinajstić information content (AvgIpc) is 2.72. The third-order valence-electron chi connectivity index (χ3n) is 3.28. The highest BCUT2D eigenvalue weighted by atomic mass is 32.2. The number of hydrogen-bond acceptors (Lipinski definition) is 4. The molecule has 0 amide bonds. The second-order valence-electron chi connectivity index (χ2n) is 5.13. The first-order chi connectivity index (χ1) is 7.92. The smallest absolute Gasteiger partial charge is 0.344 e. The van der Waals surface area contributed by atoms with Gasteiger partial charge in [0.1, 0.15) is 0 Å². The molecule has 1 aliphatic rings. The van der Waals surface area contributed by atoms with Crippen molar-refractivity contribution in [3.63, 3.8) is 0 Å². The highest BCUT2D eigenvalue weighted by Gasteiger charge is 2.38. The van der Waals surface area contributed by atoms with Crippen molar-refractivity contribution in [1.29, 1.82) is 0 Å². The third-order valence-corrected chi connectivity index (χ3v) is 4.81. The molecule has 1 saturated carbocycles. The summed E-state index contributed by atoms with van der Waals surface area (Å²) in [6, 6.07) is 0.0788. The van der Waals surface area contributed by atoms with Crippen LogP contribution in [0.15, 0.2) is 9.95 Å². The zero-order valence-corrected chi connectivity index (χ0v) is 11.3. The number of H-pyrrole nitrogens is 1. The standard InChI is InChI=1S/C11H19N3O2S/c1-7(2)14-9(15)12-13-10(14)17-8-5-4-6-11(8,3)16/h7-8,16H,4-6H2,1-3H3,(H,12,15). The van der Waals surface area contributed by atoms with Crippen LogP contribution >= 0.6 is 11.8 Å². The lowest BCUT2D eigenvalue weighted by Crippen LogP contribution is -2.31. The Balaban J connectivity index is 2.22. The molecule has 1 aliphatic carbocycles. The summed E-state index contributed by atoms with van der Waals surface area (Å²) < 4.78 is 1.64. The quantitative estimate of drug-likeness (QED) is 0.862. The summed E-state index contributed by atoms with van der Waals surface area (Å²) in [6.45, 7) is 5.77. The molecule has 1 aromatic rings. The number of aliphatic hydroxyl groups is 1. The zero-order chi connectivity index (χ0) is 12.6. The van der Waals surface area contributed by atoms with Crippen molar-refractivity contribution in [3.8, 4) is 0 Å². The van der Waals surface area contributed by atoms with Crippen LogP contribution in [-0.2, 0) is 0 Å². The number of hydrogen-bond donors (Lipinski definition) is 2. The third kappa shape index (κ3) is 2.42. The molecule has 2 N–H and O–H groups in total. The van der Waals surface area contributed by atoms with Crippen LogP contribution in [0.4, 0.5) is 0 Å². The van der Waals surface area contributed by atoms with Gasteiger partial charge in [-0.1, -0.05) is 11.8 Å². The van der Waals surface area contributed by atoms with Gasteiger partial charge in [0.25, 0.3) is 0 Å². The van der Waals surface area contributed by atoms with E-state index >= 15 is 0 Å². The van der Waals surface area contributed by atoms with Crippen molar-refractivity contribution in [2.24, 2.45) is 0 Å². The van der Waals surface area contributed by atoms with Crippen LogP contribution in [0.25, 0.3) is 0 Å². The summed E-state index contributed by atoms with van der Waals surface area (Å²) in [6.07, 6.45) is 2.82. The predicted octanol–water partition coefficient (Wildman–Crippen LogP) is 1.55. The molecule has 1 aromatic heterocycles. The van der Waals surface area contributed by atoms with Crippen LogP contribution in [0.3, 0.4) is 0 Å². The molecular weight excluding hydrogens is 238 g/mol. The molecule has 0 spiro atoms. The van der Waals surface area contributed by atoms with E-state index in [9.17, 15) is 9.90 Å². The fraction of sp³-hybridized carbons (Fsp3) is 0.818. The molecule has 1 heterocycles. The van der Waals surface area contributed by atoms with Gasteiger partial charge in [-0.25, -0.2) is 9.89 Å². The van der Waals surface area contributed by atoms with Crippen molar-refractivity contribution < 1.29 is 5.11 Å². The molecule has 0 bridgehead atoms. The first-order valence-corrected chi connectivity index (χ1v) is 6.86. The first kappa shape index (κ1) is 12.7. The Morgan fingerprint density at radius 3 is 2.88 bits per heavy atom. The first-order valence-electron chi connectivity index (χ1n) is 5.98. The van der Waals surface area contributed by atoms with Crippen LogP contribution in [0, 0.1) is 0 Å². The normalized spacial score (nSPS) is 29.1. The zero-order valence-electron chi connectivity index (χ0n) is 10.4. The Morgan fingerprint density at radius 2 is 2.35 bits per heavy atom. The molecule has 96 valence electrons. The molecule has 1 fully saturated rings. The minimum atomic E-state index is -0.651. The van der Waals surface area contributed by atoms with Crippen molar-refractivity contribution in [2.75, 3.05) is 0 Å². The van der Waals surface area contributed by atoms with Crippen molar-refractivity contribution in [2.45, 2.75) is 62.1 Å². The largest absolute Gasteiger partial charge is 0.389 e. The van der Waals surface area contributed by atoms with Crippen LogP contribution in [-0.4, -0.2) is 30.7 Å². The Kier molecular flexibility index (Phi) is 3.36. The molecule has 6 heteroatoms. The summed E-state index contributed by atoms with van der Waals surface area (Å²) in [5.41, 5.74) is -0.832. The van der Waals surface area contributed by atoms with Crippen LogP contribution in [0.5, 0.6) is 0 Å². The molecule has 0 saturated heterocycles. The van der Waals surface area contributed by atoms with Crippen molar-refractivity contribution >= 4 is 11.8 Å². The number of rotatable bonds is 3. The van der Waals surface area contributed by atoms with E-state index in [1.54, 1.807) is 4.57 Å². The molecule has 5 nitrogen and oxygen atoms in total. The summed E-state index contributed by atoms with van der Waals surface area (Å²) in [7, 11) is 0. The van der Waals surface area contributed by atoms with Gasteiger partial charge in [-0.2, -0.15) is 0 Å². The number of nitrogens with one attached hydrogen (secondary N) is 1. The van der Waals surface area contributed by atoms with E-state index in [-0.39, 0.29) is 17.0 Å². The van der Waals surface area contributed by atoms with Gasteiger partial charge in [0.15, 0.2) is 5.16 Å². The Morgan fingerprint density at radius 1 is 1.65 bits per heavy atom. The van der Waals surface area contributed by atoms with Gasteiger partial charge in [-0.05, 0) is 40.0 Å². The highest BCUT2D eigenvalue weighted by molar-refractivity contribution is 7.99. The molecule has 0 radical (unpaired) electrons. The minimum Gasteiger partial charge on any atom is -0.389 e. The lowest BCUT2D eigenvalue weighted by molar-refractivity contribution is 0.0733. The maximum Gasteiger partial charge on any atom is 0.344 e. The molecule has 2 atom stereocenters. The number of aromatic amines is 1. The number of nitrogens with zero attached hydrogens (tertiary/aromatic N) is 2. The van der Waals surface area contributed by atoms with E-state index < -0.39 is 5.60 Å².